The molecule has 16 heavy (non-hydrogen) atoms. The van der Waals surface area contributed by atoms with Crippen LogP contribution in [0.4, 0.5) is 0 Å². The molecule has 1 rings (SSSR count). The summed E-state index contributed by atoms with van der Waals surface area (Å²) < 4.78 is 10.4. The van der Waals surface area contributed by atoms with Crippen LogP contribution in [0.2, 0.25) is 0 Å². The molecule has 4 nitrogen and oxygen atoms in total. The van der Waals surface area contributed by atoms with Crippen molar-refractivity contribution in [1.82, 2.24) is 0 Å². The molecule has 0 aromatic rings. The van der Waals surface area contributed by atoms with Gasteiger partial charge in [-0.15, -0.1) is 13.2 Å². The molecule has 1 aliphatic rings. The van der Waals surface area contributed by atoms with Crippen molar-refractivity contribution in [3.63, 3.8) is 0 Å². The average Bonchev–Trinajstić information content (AvgIpc) is 2.95. The smallest absolute Gasteiger partial charge is 0.309 e. The summed E-state index contributed by atoms with van der Waals surface area (Å²) in [6, 6.07) is 0. The summed E-state index contributed by atoms with van der Waals surface area (Å²) in [5.74, 6) is -0.421. The lowest BCUT2D eigenvalue weighted by Gasteiger charge is -2.12. The minimum atomic E-state index is -0.835. The zero-order valence-corrected chi connectivity index (χ0v) is 9.46. The van der Waals surface area contributed by atoms with Crippen LogP contribution in [-0.4, -0.2) is 35.5 Å². The molecule has 1 N–H and O–H groups in total. The van der Waals surface area contributed by atoms with Gasteiger partial charge < -0.3 is 14.6 Å². The number of carbonyl (C=O) groups excluding carboxylic acids is 1. The number of rotatable bonds is 7. The van der Waals surface area contributed by atoms with Gasteiger partial charge in [-0.2, -0.15) is 0 Å². The van der Waals surface area contributed by atoms with E-state index in [0.29, 0.717) is 6.42 Å². The molecule has 0 aliphatic carbocycles. The van der Waals surface area contributed by atoms with Gasteiger partial charge in [0.2, 0.25) is 0 Å². The number of ether oxygens (including phenoxy) is 2. The van der Waals surface area contributed by atoms with Gasteiger partial charge in [-0.25, -0.2) is 0 Å². The molecule has 1 heterocycles. The second-order valence-corrected chi connectivity index (χ2v) is 3.92. The highest BCUT2D eigenvalue weighted by atomic mass is 16.6. The number of hydrogen-bond acceptors (Lipinski definition) is 4. The number of epoxide rings is 1. The lowest BCUT2D eigenvalue weighted by atomic mass is 10.1. The van der Waals surface area contributed by atoms with Gasteiger partial charge in [0.15, 0.2) is 0 Å². The fourth-order valence-electron chi connectivity index (χ4n) is 1.46. The second kappa shape index (κ2) is 5.82. The summed E-state index contributed by atoms with van der Waals surface area (Å²) in [6.07, 6.45) is 2.82. The molecule has 0 amide bonds. The molecule has 0 aromatic heterocycles. The highest BCUT2D eigenvalue weighted by Crippen LogP contribution is 2.27. The van der Waals surface area contributed by atoms with Crippen LogP contribution in [-0.2, 0) is 14.3 Å². The summed E-state index contributed by atoms with van der Waals surface area (Å²) in [5, 5.41) is 9.16. The van der Waals surface area contributed by atoms with Gasteiger partial charge >= 0.3 is 5.97 Å². The predicted octanol–water partition coefficient (Wildman–Crippen LogP) is 1.20. The molecular weight excluding hydrogens is 208 g/mol. The molecule has 0 bridgehead atoms. The zero-order chi connectivity index (χ0) is 12.1. The van der Waals surface area contributed by atoms with Crippen LogP contribution in [0.1, 0.15) is 19.8 Å². The van der Waals surface area contributed by atoms with Crippen LogP contribution in [0.3, 0.4) is 0 Å². The summed E-state index contributed by atoms with van der Waals surface area (Å²) in [6.45, 7) is 8.80. The molecule has 0 unspecified atom stereocenters. The largest absolute Gasteiger partial charge is 0.462 e. The van der Waals surface area contributed by atoms with E-state index < -0.39 is 12.1 Å². The van der Waals surface area contributed by atoms with Gasteiger partial charge in [0.25, 0.3) is 0 Å². The maximum Gasteiger partial charge on any atom is 0.309 e. The number of aliphatic hydroxyl groups is 1. The van der Waals surface area contributed by atoms with Gasteiger partial charge in [0, 0.05) is 6.42 Å². The van der Waals surface area contributed by atoms with Crippen molar-refractivity contribution in [2.75, 3.05) is 0 Å². The minimum Gasteiger partial charge on any atom is -0.462 e. The molecule has 1 fully saturated rings. The lowest BCUT2D eigenvalue weighted by molar-refractivity contribution is -0.150. The summed E-state index contributed by atoms with van der Waals surface area (Å²) in [4.78, 5) is 11.3. The number of carbonyl (C=O) groups is 1. The Morgan fingerprint density at radius 1 is 1.62 bits per heavy atom. The van der Waals surface area contributed by atoms with Gasteiger partial charge in [-0.3, -0.25) is 4.79 Å². The van der Waals surface area contributed by atoms with Crippen molar-refractivity contribution in [3.05, 3.63) is 25.3 Å². The van der Waals surface area contributed by atoms with Crippen molar-refractivity contribution in [1.29, 1.82) is 0 Å². The normalized spacial score (nSPS) is 26.6. The highest BCUT2D eigenvalue weighted by molar-refractivity contribution is 5.70. The molecule has 0 radical (unpaired) electrons. The third-order valence-electron chi connectivity index (χ3n) is 2.40. The van der Waals surface area contributed by atoms with Crippen molar-refractivity contribution in [3.8, 4) is 0 Å². The van der Waals surface area contributed by atoms with Crippen molar-refractivity contribution >= 4 is 5.97 Å². The van der Waals surface area contributed by atoms with Crippen LogP contribution < -0.4 is 0 Å². The predicted molar refractivity (Wildman–Crippen MR) is 59.8 cm³/mol. The Bertz CT molecular complexity index is 274. The Hall–Kier alpha value is -1.13. The van der Waals surface area contributed by atoms with Crippen molar-refractivity contribution in [2.24, 2.45) is 0 Å². The number of hydrogen-bond donors (Lipinski definition) is 1. The first kappa shape index (κ1) is 12.9. The van der Waals surface area contributed by atoms with E-state index >= 15 is 0 Å². The maximum absolute atomic E-state index is 11.3. The van der Waals surface area contributed by atoms with Crippen LogP contribution in [0.5, 0.6) is 0 Å². The molecule has 0 spiro atoms. The van der Waals surface area contributed by atoms with E-state index in [2.05, 4.69) is 13.2 Å². The Morgan fingerprint density at radius 3 is 2.81 bits per heavy atom. The van der Waals surface area contributed by atoms with E-state index in [0.717, 1.165) is 0 Å². The summed E-state index contributed by atoms with van der Waals surface area (Å²) in [7, 11) is 0. The number of esters is 1. The molecule has 4 atom stereocenters. The third-order valence-corrected chi connectivity index (χ3v) is 2.40. The van der Waals surface area contributed by atoms with Crippen LogP contribution in [0, 0.1) is 0 Å². The minimum absolute atomic E-state index is 0.0513. The summed E-state index contributed by atoms with van der Waals surface area (Å²) in [5.41, 5.74) is 0. The monoisotopic (exact) mass is 226 g/mol. The SMILES string of the molecule is C=C[C@H](O)CC(=O)O[C@H](C)C[C@@H]1O[C@@H]1C=C. The molecule has 1 saturated heterocycles. The summed E-state index contributed by atoms with van der Waals surface area (Å²) >= 11 is 0. The Morgan fingerprint density at radius 2 is 2.31 bits per heavy atom. The third kappa shape index (κ3) is 4.16. The van der Waals surface area contributed by atoms with Crippen LogP contribution >= 0.6 is 0 Å². The van der Waals surface area contributed by atoms with E-state index in [1.165, 1.54) is 6.08 Å². The quantitative estimate of drug-likeness (QED) is 0.402. The van der Waals surface area contributed by atoms with Gasteiger partial charge in [-0.1, -0.05) is 12.2 Å². The van der Waals surface area contributed by atoms with Crippen molar-refractivity contribution in [2.45, 2.75) is 44.2 Å². The fraction of sp³-hybridized carbons (Fsp3) is 0.583. The van der Waals surface area contributed by atoms with Gasteiger partial charge in [-0.05, 0) is 6.92 Å². The Labute approximate surface area is 95.6 Å². The molecule has 0 aromatic carbocycles. The Kier molecular flexibility index (Phi) is 4.71. The van der Waals surface area contributed by atoms with E-state index in [9.17, 15) is 4.79 Å². The second-order valence-electron chi connectivity index (χ2n) is 3.92. The van der Waals surface area contributed by atoms with E-state index in [1.807, 2.05) is 0 Å². The van der Waals surface area contributed by atoms with Crippen LogP contribution in [0.15, 0.2) is 25.3 Å². The molecule has 90 valence electrons. The first-order valence-electron chi connectivity index (χ1n) is 5.35. The van der Waals surface area contributed by atoms with Gasteiger partial charge in [0.1, 0.15) is 12.2 Å². The molecule has 1 aliphatic heterocycles. The highest BCUT2D eigenvalue weighted by Gasteiger charge is 2.37. The van der Waals surface area contributed by atoms with Crippen LogP contribution in [0.25, 0.3) is 0 Å². The molecular formula is C12H18O4. The topological polar surface area (TPSA) is 59.1 Å². The Balaban J connectivity index is 2.18. The average molecular weight is 226 g/mol. The van der Waals surface area contributed by atoms with E-state index in [-0.39, 0.29) is 24.7 Å². The fourth-order valence-corrected chi connectivity index (χ4v) is 1.46. The molecule has 4 heteroatoms. The molecule has 0 saturated carbocycles. The van der Waals surface area contributed by atoms with Gasteiger partial charge in [0.05, 0.1) is 18.6 Å². The van der Waals surface area contributed by atoms with E-state index in [4.69, 9.17) is 14.6 Å². The lowest BCUT2D eigenvalue weighted by Crippen LogP contribution is -2.20. The first-order chi connectivity index (χ1) is 7.56. The van der Waals surface area contributed by atoms with Crippen molar-refractivity contribution < 1.29 is 19.4 Å². The van der Waals surface area contributed by atoms with E-state index in [1.54, 1.807) is 13.0 Å². The first-order valence-corrected chi connectivity index (χ1v) is 5.35. The maximum atomic E-state index is 11.3. The zero-order valence-electron chi connectivity index (χ0n) is 9.46. The number of aliphatic hydroxyl groups excluding tert-OH is 1. The standard InChI is InChI=1S/C12H18O4/c1-4-9(13)7-12(14)15-8(3)6-11-10(5-2)16-11/h4-5,8-11,13H,1-2,6-7H2,3H3/t8-,9+,10-,11+/m1/s1.